The van der Waals surface area contributed by atoms with E-state index in [9.17, 15) is 14.9 Å². The SMILES string of the molecule is CNC(=O)c1cccc(NC(=O)c2cccc(OCc3ccccc3C#N)c2)c1C. The van der Waals surface area contributed by atoms with Crippen molar-refractivity contribution in [3.63, 3.8) is 0 Å². The highest BCUT2D eigenvalue weighted by molar-refractivity contribution is 6.06. The quantitative estimate of drug-likeness (QED) is 0.654. The number of nitrogens with one attached hydrogen (secondary N) is 2. The molecule has 2 N–H and O–H groups in total. The van der Waals surface area contributed by atoms with Crippen LogP contribution in [0.3, 0.4) is 0 Å². The maximum atomic E-state index is 12.7. The first-order chi connectivity index (χ1) is 14.5. The fourth-order valence-corrected chi connectivity index (χ4v) is 2.99. The summed E-state index contributed by atoms with van der Waals surface area (Å²) in [5, 5.41) is 14.6. The molecule has 0 aliphatic heterocycles. The van der Waals surface area contributed by atoms with Gasteiger partial charge in [-0.15, -0.1) is 0 Å². The van der Waals surface area contributed by atoms with Crippen LogP contribution >= 0.6 is 0 Å². The van der Waals surface area contributed by atoms with Crippen molar-refractivity contribution >= 4 is 17.5 Å². The molecule has 0 aliphatic rings. The van der Waals surface area contributed by atoms with Gasteiger partial charge < -0.3 is 15.4 Å². The van der Waals surface area contributed by atoms with Crippen LogP contribution in [-0.4, -0.2) is 18.9 Å². The average molecular weight is 399 g/mol. The summed E-state index contributed by atoms with van der Waals surface area (Å²) < 4.78 is 5.78. The lowest BCUT2D eigenvalue weighted by Crippen LogP contribution is -2.20. The molecule has 0 bridgehead atoms. The Kier molecular flexibility index (Phi) is 6.46. The number of carbonyl (C=O) groups is 2. The maximum absolute atomic E-state index is 12.7. The van der Waals surface area contributed by atoms with E-state index < -0.39 is 0 Å². The molecule has 6 heteroatoms. The number of carbonyl (C=O) groups excluding carboxylic acids is 2. The first-order valence-corrected chi connectivity index (χ1v) is 9.37. The number of anilines is 1. The smallest absolute Gasteiger partial charge is 0.255 e. The molecular formula is C24H21N3O3. The fraction of sp³-hybridized carbons (Fsp3) is 0.125. The first-order valence-electron chi connectivity index (χ1n) is 9.37. The number of amides is 2. The summed E-state index contributed by atoms with van der Waals surface area (Å²) in [6, 6.07) is 21.3. The molecule has 0 saturated heterocycles. The summed E-state index contributed by atoms with van der Waals surface area (Å²) in [7, 11) is 1.56. The molecule has 3 aromatic rings. The van der Waals surface area contributed by atoms with E-state index in [2.05, 4.69) is 16.7 Å². The van der Waals surface area contributed by atoms with Gasteiger partial charge in [-0.3, -0.25) is 9.59 Å². The van der Waals surface area contributed by atoms with Crippen LogP contribution < -0.4 is 15.4 Å². The zero-order valence-corrected chi connectivity index (χ0v) is 16.7. The van der Waals surface area contributed by atoms with Gasteiger partial charge in [0.25, 0.3) is 11.8 Å². The topological polar surface area (TPSA) is 91.2 Å². The molecule has 6 nitrogen and oxygen atoms in total. The van der Waals surface area contributed by atoms with Gasteiger partial charge in [0.15, 0.2) is 0 Å². The van der Waals surface area contributed by atoms with Crippen molar-refractivity contribution < 1.29 is 14.3 Å². The summed E-state index contributed by atoms with van der Waals surface area (Å²) >= 11 is 0. The molecule has 0 unspecified atom stereocenters. The van der Waals surface area contributed by atoms with Crippen molar-refractivity contribution in [2.75, 3.05) is 12.4 Å². The number of ether oxygens (including phenoxy) is 1. The Labute approximate surface area is 175 Å². The third-order valence-corrected chi connectivity index (χ3v) is 4.68. The molecule has 3 rings (SSSR count). The lowest BCUT2D eigenvalue weighted by molar-refractivity contribution is 0.0960. The molecule has 0 aliphatic carbocycles. The predicted octanol–water partition coefficient (Wildman–Crippen LogP) is 4.06. The van der Waals surface area contributed by atoms with Crippen LogP contribution in [0.4, 0.5) is 5.69 Å². The van der Waals surface area contributed by atoms with Gasteiger partial charge in [0.2, 0.25) is 0 Å². The number of nitrogens with zero attached hydrogens (tertiary/aromatic N) is 1. The Hall–Kier alpha value is -4.11. The van der Waals surface area contributed by atoms with Crippen molar-refractivity contribution in [1.82, 2.24) is 5.32 Å². The van der Waals surface area contributed by atoms with E-state index in [-0.39, 0.29) is 18.4 Å². The van der Waals surface area contributed by atoms with E-state index in [1.54, 1.807) is 68.6 Å². The van der Waals surface area contributed by atoms with E-state index in [0.717, 1.165) is 5.56 Å². The van der Waals surface area contributed by atoms with Crippen LogP contribution in [-0.2, 0) is 6.61 Å². The molecule has 0 heterocycles. The van der Waals surface area contributed by atoms with Gasteiger partial charge in [0.1, 0.15) is 12.4 Å². The van der Waals surface area contributed by atoms with Crippen molar-refractivity contribution in [2.45, 2.75) is 13.5 Å². The van der Waals surface area contributed by atoms with Crippen molar-refractivity contribution in [3.05, 3.63) is 94.5 Å². The van der Waals surface area contributed by atoms with Crippen molar-refractivity contribution in [3.8, 4) is 11.8 Å². The molecular weight excluding hydrogens is 378 g/mol. The van der Waals surface area contributed by atoms with E-state index >= 15 is 0 Å². The van der Waals surface area contributed by atoms with E-state index in [0.29, 0.717) is 33.7 Å². The molecule has 0 fully saturated rings. The highest BCUT2D eigenvalue weighted by atomic mass is 16.5. The molecule has 0 radical (unpaired) electrons. The normalized spacial score (nSPS) is 10.0. The average Bonchev–Trinajstić information content (AvgIpc) is 2.78. The predicted molar refractivity (Wildman–Crippen MR) is 114 cm³/mol. The van der Waals surface area contributed by atoms with Crippen LogP contribution in [0, 0.1) is 18.3 Å². The van der Waals surface area contributed by atoms with Gasteiger partial charge in [0.05, 0.1) is 11.6 Å². The summed E-state index contributed by atoms with van der Waals surface area (Å²) in [5.74, 6) is -0.00194. The summed E-state index contributed by atoms with van der Waals surface area (Å²) in [6.07, 6.45) is 0. The highest BCUT2D eigenvalue weighted by Crippen LogP contribution is 2.21. The van der Waals surface area contributed by atoms with Gasteiger partial charge in [-0.1, -0.05) is 30.3 Å². The maximum Gasteiger partial charge on any atom is 0.255 e. The Morgan fingerprint density at radius 3 is 2.53 bits per heavy atom. The van der Waals surface area contributed by atoms with Gasteiger partial charge >= 0.3 is 0 Å². The van der Waals surface area contributed by atoms with Crippen LogP contribution in [0.25, 0.3) is 0 Å². The van der Waals surface area contributed by atoms with Crippen molar-refractivity contribution in [1.29, 1.82) is 5.26 Å². The minimum Gasteiger partial charge on any atom is -0.489 e. The van der Waals surface area contributed by atoms with Gasteiger partial charge in [-0.05, 0) is 48.9 Å². The molecule has 150 valence electrons. The van der Waals surface area contributed by atoms with Crippen molar-refractivity contribution in [2.24, 2.45) is 0 Å². The zero-order chi connectivity index (χ0) is 21.5. The molecule has 3 aromatic carbocycles. The Balaban J connectivity index is 1.74. The number of benzene rings is 3. The second-order valence-corrected chi connectivity index (χ2v) is 6.60. The molecule has 0 aromatic heterocycles. The third kappa shape index (κ3) is 4.65. The van der Waals surface area contributed by atoms with Gasteiger partial charge in [-0.2, -0.15) is 5.26 Å². The number of rotatable bonds is 6. The summed E-state index contributed by atoms with van der Waals surface area (Å²) in [6.45, 7) is 2.01. The minimum atomic E-state index is -0.310. The fourth-order valence-electron chi connectivity index (χ4n) is 2.99. The second-order valence-electron chi connectivity index (χ2n) is 6.60. The Morgan fingerprint density at radius 1 is 1.00 bits per heavy atom. The number of nitriles is 1. The van der Waals surface area contributed by atoms with Gasteiger partial charge in [0, 0.05) is 29.4 Å². The monoisotopic (exact) mass is 399 g/mol. The first kappa shape index (κ1) is 20.6. The largest absolute Gasteiger partial charge is 0.489 e. The Bertz CT molecular complexity index is 1130. The van der Waals surface area contributed by atoms with Crippen LogP contribution in [0.1, 0.15) is 37.4 Å². The lowest BCUT2D eigenvalue weighted by Gasteiger charge is -2.13. The van der Waals surface area contributed by atoms with Crippen LogP contribution in [0.2, 0.25) is 0 Å². The molecule has 30 heavy (non-hydrogen) atoms. The van der Waals surface area contributed by atoms with Gasteiger partial charge in [-0.25, -0.2) is 0 Å². The molecule has 0 saturated carbocycles. The highest BCUT2D eigenvalue weighted by Gasteiger charge is 2.13. The third-order valence-electron chi connectivity index (χ3n) is 4.68. The Morgan fingerprint density at radius 2 is 1.77 bits per heavy atom. The van der Waals surface area contributed by atoms with Crippen LogP contribution in [0.15, 0.2) is 66.7 Å². The minimum absolute atomic E-state index is 0.211. The molecule has 0 spiro atoms. The second kappa shape index (κ2) is 9.39. The summed E-state index contributed by atoms with van der Waals surface area (Å²) in [4.78, 5) is 24.7. The lowest BCUT2D eigenvalue weighted by atomic mass is 10.1. The number of hydrogen-bond donors (Lipinski definition) is 2. The number of hydrogen-bond acceptors (Lipinski definition) is 4. The summed E-state index contributed by atoms with van der Waals surface area (Å²) in [5.41, 5.74) is 3.50. The molecule has 0 atom stereocenters. The van der Waals surface area contributed by atoms with Crippen LogP contribution in [0.5, 0.6) is 5.75 Å². The van der Waals surface area contributed by atoms with E-state index in [4.69, 9.17) is 4.74 Å². The standard InChI is InChI=1S/C24H21N3O3/c1-16-21(24(29)26-2)11-6-12-22(16)27-23(28)17-9-5-10-20(13-17)30-15-19-8-4-3-7-18(19)14-25/h3-13H,15H2,1-2H3,(H,26,29)(H,27,28). The van der Waals surface area contributed by atoms with E-state index in [1.165, 1.54) is 0 Å². The van der Waals surface area contributed by atoms with E-state index in [1.807, 2.05) is 12.1 Å². The molecule has 2 amide bonds. The zero-order valence-electron chi connectivity index (χ0n) is 16.7.